The molecular weight excluding hydrogens is 355 g/mol. The zero-order chi connectivity index (χ0) is 14.8. The molecule has 3 rings (SSSR count). The lowest BCUT2D eigenvalue weighted by atomic mass is 10.1. The summed E-state index contributed by atoms with van der Waals surface area (Å²) in [6, 6.07) is 12.3. The molecule has 2 aromatic rings. The molecule has 1 atom stereocenters. The van der Waals surface area contributed by atoms with Gasteiger partial charge in [-0.25, -0.2) is 4.39 Å². The Hall–Kier alpha value is -1.33. The summed E-state index contributed by atoms with van der Waals surface area (Å²) < 4.78 is 19.3. The standard InChI is InChI=1S/C16H12BrFO2S/c17-11-7-10(5-6-12(11)18)8-13(19)15-9-21-16-4-2-1-3-14(16)20-15/h1-7,15H,8-9H2. The summed E-state index contributed by atoms with van der Waals surface area (Å²) in [4.78, 5) is 13.4. The monoisotopic (exact) mass is 366 g/mol. The number of ketones is 1. The number of carbonyl (C=O) groups excluding carboxylic acids is 1. The Morgan fingerprint density at radius 2 is 2.14 bits per heavy atom. The minimum atomic E-state index is -0.450. The van der Waals surface area contributed by atoms with E-state index in [1.807, 2.05) is 24.3 Å². The lowest BCUT2D eigenvalue weighted by Crippen LogP contribution is -2.33. The van der Waals surface area contributed by atoms with Crippen LogP contribution < -0.4 is 4.74 Å². The molecule has 2 nitrogen and oxygen atoms in total. The number of benzene rings is 2. The van der Waals surface area contributed by atoms with Crippen LogP contribution in [0.15, 0.2) is 51.8 Å². The molecule has 1 heterocycles. The highest BCUT2D eigenvalue weighted by molar-refractivity contribution is 9.10. The fourth-order valence-corrected chi connectivity index (χ4v) is 3.59. The Morgan fingerprint density at radius 3 is 2.95 bits per heavy atom. The van der Waals surface area contributed by atoms with Crippen LogP contribution >= 0.6 is 27.7 Å². The number of hydrogen-bond donors (Lipinski definition) is 0. The quantitative estimate of drug-likeness (QED) is 0.811. The summed E-state index contributed by atoms with van der Waals surface area (Å²) in [6.45, 7) is 0. The van der Waals surface area contributed by atoms with Gasteiger partial charge in [-0.2, -0.15) is 0 Å². The van der Waals surface area contributed by atoms with Crippen molar-refractivity contribution < 1.29 is 13.9 Å². The lowest BCUT2D eigenvalue weighted by Gasteiger charge is -2.24. The van der Waals surface area contributed by atoms with Gasteiger partial charge in [-0.05, 0) is 45.8 Å². The molecule has 0 amide bonds. The molecule has 0 saturated heterocycles. The minimum absolute atomic E-state index is 0.00973. The smallest absolute Gasteiger partial charge is 0.178 e. The average Bonchev–Trinajstić information content (AvgIpc) is 2.50. The number of hydrogen-bond acceptors (Lipinski definition) is 3. The maximum Gasteiger partial charge on any atom is 0.178 e. The van der Waals surface area contributed by atoms with Crippen LogP contribution in [0.4, 0.5) is 4.39 Å². The highest BCUT2D eigenvalue weighted by atomic mass is 79.9. The normalized spacial score (nSPS) is 17.0. The average molecular weight is 367 g/mol. The van der Waals surface area contributed by atoms with Gasteiger partial charge in [0.1, 0.15) is 11.6 Å². The Balaban J connectivity index is 1.70. The van der Waals surface area contributed by atoms with Crippen molar-refractivity contribution in [1.82, 2.24) is 0 Å². The second-order valence-electron chi connectivity index (χ2n) is 4.76. The summed E-state index contributed by atoms with van der Waals surface area (Å²) in [5, 5.41) is 0. The molecule has 0 spiro atoms. The van der Waals surface area contributed by atoms with Crippen LogP contribution in [-0.2, 0) is 11.2 Å². The number of Topliss-reactive ketones (excluding diaryl/α,β-unsaturated/α-hetero) is 1. The van der Waals surface area contributed by atoms with Crippen molar-refractivity contribution in [2.75, 3.05) is 5.75 Å². The Kier molecular flexibility index (Phi) is 4.31. The molecule has 108 valence electrons. The van der Waals surface area contributed by atoms with E-state index in [1.54, 1.807) is 23.9 Å². The second-order valence-corrected chi connectivity index (χ2v) is 6.67. The van der Waals surface area contributed by atoms with Gasteiger partial charge in [0, 0.05) is 17.1 Å². The van der Waals surface area contributed by atoms with E-state index in [4.69, 9.17) is 4.74 Å². The first-order valence-electron chi connectivity index (χ1n) is 6.48. The van der Waals surface area contributed by atoms with Gasteiger partial charge in [-0.3, -0.25) is 4.79 Å². The van der Waals surface area contributed by atoms with Gasteiger partial charge in [0.2, 0.25) is 0 Å². The summed E-state index contributed by atoms with van der Waals surface area (Å²) in [5.41, 5.74) is 0.778. The predicted octanol–water partition coefficient (Wildman–Crippen LogP) is 4.25. The Labute approximate surface area is 134 Å². The van der Waals surface area contributed by atoms with Crippen LogP contribution in [0.1, 0.15) is 5.56 Å². The number of para-hydroxylation sites is 1. The largest absolute Gasteiger partial charge is 0.481 e. The van der Waals surface area contributed by atoms with E-state index in [0.29, 0.717) is 10.2 Å². The fourth-order valence-electron chi connectivity index (χ4n) is 2.14. The predicted molar refractivity (Wildman–Crippen MR) is 84.4 cm³/mol. The summed E-state index contributed by atoms with van der Waals surface area (Å²) >= 11 is 4.76. The first-order valence-corrected chi connectivity index (χ1v) is 8.26. The van der Waals surface area contributed by atoms with Crippen molar-refractivity contribution in [3.63, 3.8) is 0 Å². The highest BCUT2D eigenvalue weighted by Crippen LogP contribution is 2.35. The zero-order valence-corrected chi connectivity index (χ0v) is 13.4. The van der Waals surface area contributed by atoms with E-state index in [-0.39, 0.29) is 18.0 Å². The molecule has 1 aliphatic rings. The number of rotatable bonds is 3. The van der Waals surface area contributed by atoms with E-state index in [0.717, 1.165) is 16.2 Å². The summed E-state index contributed by atoms with van der Waals surface area (Å²) in [7, 11) is 0. The van der Waals surface area contributed by atoms with Gasteiger partial charge in [0.25, 0.3) is 0 Å². The van der Waals surface area contributed by atoms with Gasteiger partial charge in [-0.1, -0.05) is 18.2 Å². The van der Waals surface area contributed by atoms with E-state index >= 15 is 0 Å². The van der Waals surface area contributed by atoms with Crippen molar-refractivity contribution in [3.05, 3.63) is 58.3 Å². The van der Waals surface area contributed by atoms with Gasteiger partial charge in [-0.15, -0.1) is 11.8 Å². The third-order valence-corrected chi connectivity index (χ3v) is 4.96. The van der Waals surface area contributed by atoms with Crippen LogP contribution in [0, 0.1) is 5.82 Å². The van der Waals surface area contributed by atoms with Crippen molar-refractivity contribution in [2.24, 2.45) is 0 Å². The van der Waals surface area contributed by atoms with Gasteiger partial charge in [0.15, 0.2) is 11.9 Å². The molecule has 0 fully saturated rings. The van der Waals surface area contributed by atoms with Crippen molar-refractivity contribution in [2.45, 2.75) is 17.4 Å². The van der Waals surface area contributed by atoms with Crippen molar-refractivity contribution >= 4 is 33.5 Å². The minimum Gasteiger partial charge on any atom is -0.481 e. The van der Waals surface area contributed by atoms with Gasteiger partial charge < -0.3 is 4.74 Å². The van der Waals surface area contributed by atoms with Crippen LogP contribution in [0.25, 0.3) is 0 Å². The zero-order valence-electron chi connectivity index (χ0n) is 11.0. The first-order chi connectivity index (χ1) is 10.1. The molecule has 0 saturated carbocycles. The second kappa shape index (κ2) is 6.20. The fraction of sp³-hybridized carbons (Fsp3) is 0.188. The lowest BCUT2D eigenvalue weighted by molar-refractivity contribution is -0.124. The molecule has 0 radical (unpaired) electrons. The number of halogens is 2. The number of carbonyl (C=O) groups is 1. The van der Waals surface area contributed by atoms with E-state index < -0.39 is 6.10 Å². The van der Waals surface area contributed by atoms with Gasteiger partial charge in [0.05, 0.1) is 4.47 Å². The van der Waals surface area contributed by atoms with E-state index in [2.05, 4.69) is 15.9 Å². The molecule has 5 heteroatoms. The van der Waals surface area contributed by atoms with E-state index in [1.165, 1.54) is 6.07 Å². The number of thioether (sulfide) groups is 1. The summed E-state index contributed by atoms with van der Waals surface area (Å²) in [5.74, 6) is 1.05. The molecule has 0 aromatic heterocycles. The third kappa shape index (κ3) is 3.30. The summed E-state index contributed by atoms with van der Waals surface area (Å²) in [6.07, 6.45) is -0.208. The maximum absolute atomic E-state index is 13.2. The topological polar surface area (TPSA) is 26.3 Å². The van der Waals surface area contributed by atoms with Crippen LogP contribution in [-0.4, -0.2) is 17.6 Å². The van der Waals surface area contributed by atoms with Crippen molar-refractivity contribution in [3.8, 4) is 5.75 Å². The van der Waals surface area contributed by atoms with E-state index in [9.17, 15) is 9.18 Å². The SMILES string of the molecule is O=C(Cc1ccc(F)c(Br)c1)C1CSc2ccccc2O1. The van der Waals surface area contributed by atoms with Crippen molar-refractivity contribution in [1.29, 1.82) is 0 Å². The van der Waals surface area contributed by atoms with Gasteiger partial charge >= 0.3 is 0 Å². The Morgan fingerprint density at radius 1 is 1.33 bits per heavy atom. The first kappa shape index (κ1) is 14.6. The third-order valence-electron chi connectivity index (χ3n) is 3.23. The number of ether oxygens (including phenoxy) is 1. The van der Waals surface area contributed by atoms with Crippen LogP contribution in [0.5, 0.6) is 5.75 Å². The molecule has 1 unspecified atom stereocenters. The van der Waals surface area contributed by atoms with Crippen LogP contribution in [0.2, 0.25) is 0 Å². The van der Waals surface area contributed by atoms with Crippen LogP contribution in [0.3, 0.4) is 0 Å². The number of fused-ring (bicyclic) bond motifs is 1. The molecule has 0 bridgehead atoms. The molecule has 0 N–H and O–H groups in total. The Bertz CT molecular complexity index is 690. The molecule has 2 aromatic carbocycles. The molecule has 21 heavy (non-hydrogen) atoms. The highest BCUT2D eigenvalue weighted by Gasteiger charge is 2.26. The molecular formula is C16H12BrFO2S. The maximum atomic E-state index is 13.2. The molecule has 1 aliphatic heterocycles. The molecule has 0 aliphatic carbocycles.